The Morgan fingerprint density at radius 1 is 1.22 bits per heavy atom. The van der Waals surface area contributed by atoms with Gasteiger partial charge in [0, 0.05) is 4.70 Å². The standard InChI is InChI=1S/C14H12ClNOS/c15-14-6-5-12(17-14)11(16)7-9-8-18-13-4-2-1-3-10(9)13/h1-6,8,11H,7,16H2. The van der Waals surface area contributed by atoms with E-state index in [9.17, 15) is 0 Å². The molecule has 18 heavy (non-hydrogen) atoms. The molecule has 0 aliphatic carbocycles. The second-order valence-corrected chi connectivity index (χ2v) is 5.49. The topological polar surface area (TPSA) is 39.2 Å². The Hall–Kier alpha value is -1.29. The van der Waals surface area contributed by atoms with Gasteiger partial charge in [0.1, 0.15) is 5.76 Å². The first-order valence-corrected chi connectivity index (χ1v) is 6.96. The van der Waals surface area contributed by atoms with Gasteiger partial charge in [-0.25, -0.2) is 0 Å². The molecule has 3 aromatic rings. The van der Waals surface area contributed by atoms with Crippen LogP contribution < -0.4 is 5.73 Å². The molecule has 0 amide bonds. The Bertz CT molecular complexity index is 673. The van der Waals surface area contributed by atoms with Crippen LogP contribution in [0.2, 0.25) is 5.22 Å². The van der Waals surface area contributed by atoms with Gasteiger partial charge in [0.25, 0.3) is 0 Å². The van der Waals surface area contributed by atoms with Crippen LogP contribution in [-0.4, -0.2) is 0 Å². The van der Waals surface area contributed by atoms with Crippen molar-refractivity contribution in [3.05, 3.63) is 58.3 Å². The summed E-state index contributed by atoms with van der Waals surface area (Å²) >= 11 is 7.51. The molecule has 2 nitrogen and oxygen atoms in total. The summed E-state index contributed by atoms with van der Waals surface area (Å²) in [6.45, 7) is 0. The summed E-state index contributed by atoms with van der Waals surface area (Å²) in [5, 5.41) is 3.82. The summed E-state index contributed by atoms with van der Waals surface area (Å²) in [5.74, 6) is 0.732. The Labute approximate surface area is 114 Å². The molecule has 0 radical (unpaired) electrons. The lowest BCUT2D eigenvalue weighted by atomic mass is 10.0. The lowest BCUT2D eigenvalue weighted by Gasteiger charge is -2.07. The summed E-state index contributed by atoms with van der Waals surface area (Å²) in [6.07, 6.45) is 0.758. The van der Waals surface area contributed by atoms with Gasteiger partial charge in [-0.3, -0.25) is 0 Å². The third-order valence-electron chi connectivity index (χ3n) is 2.96. The fourth-order valence-corrected chi connectivity index (χ4v) is 3.18. The van der Waals surface area contributed by atoms with Crippen molar-refractivity contribution in [2.75, 3.05) is 0 Å². The van der Waals surface area contributed by atoms with Crippen LogP contribution in [0.5, 0.6) is 0 Å². The Morgan fingerprint density at radius 2 is 2.06 bits per heavy atom. The average molecular weight is 278 g/mol. The van der Waals surface area contributed by atoms with Crippen LogP contribution in [0.25, 0.3) is 10.1 Å². The molecule has 0 aliphatic heterocycles. The smallest absolute Gasteiger partial charge is 0.193 e. The highest BCUT2D eigenvalue weighted by Gasteiger charge is 2.13. The van der Waals surface area contributed by atoms with Crippen molar-refractivity contribution in [2.45, 2.75) is 12.5 Å². The van der Waals surface area contributed by atoms with Gasteiger partial charge in [-0.1, -0.05) is 18.2 Å². The molecule has 1 aromatic carbocycles. The van der Waals surface area contributed by atoms with Crippen LogP contribution in [-0.2, 0) is 6.42 Å². The predicted molar refractivity (Wildman–Crippen MR) is 76.2 cm³/mol. The molecule has 0 saturated carbocycles. The number of hydrogen-bond acceptors (Lipinski definition) is 3. The van der Waals surface area contributed by atoms with Gasteiger partial charge in [-0.15, -0.1) is 11.3 Å². The lowest BCUT2D eigenvalue weighted by molar-refractivity contribution is 0.467. The highest BCUT2D eigenvalue weighted by molar-refractivity contribution is 7.17. The van der Waals surface area contributed by atoms with Gasteiger partial charge < -0.3 is 10.2 Å². The van der Waals surface area contributed by atoms with Crippen LogP contribution in [0.15, 0.2) is 46.2 Å². The van der Waals surface area contributed by atoms with Crippen molar-refractivity contribution < 1.29 is 4.42 Å². The first-order chi connectivity index (χ1) is 8.74. The molecule has 0 saturated heterocycles. The first-order valence-electron chi connectivity index (χ1n) is 5.70. The molecule has 3 rings (SSSR count). The minimum Gasteiger partial charge on any atom is -0.448 e. The molecule has 0 fully saturated rings. The summed E-state index contributed by atoms with van der Waals surface area (Å²) < 4.78 is 6.64. The lowest BCUT2D eigenvalue weighted by Crippen LogP contribution is -2.12. The highest BCUT2D eigenvalue weighted by Crippen LogP contribution is 2.29. The Balaban J connectivity index is 1.88. The largest absolute Gasteiger partial charge is 0.448 e. The van der Waals surface area contributed by atoms with E-state index < -0.39 is 0 Å². The van der Waals surface area contributed by atoms with Crippen molar-refractivity contribution >= 4 is 33.0 Å². The second-order valence-electron chi connectivity index (χ2n) is 4.21. The minimum atomic E-state index is -0.157. The van der Waals surface area contributed by atoms with Crippen molar-refractivity contribution in [2.24, 2.45) is 5.73 Å². The number of rotatable bonds is 3. The fourth-order valence-electron chi connectivity index (χ4n) is 2.06. The Kier molecular flexibility index (Phi) is 3.12. The number of fused-ring (bicyclic) bond motifs is 1. The number of nitrogens with two attached hydrogens (primary N) is 1. The number of halogens is 1. The summed E-state index contributed by atoms with van der Waals surface area (Å²) in [5.41, 5.74) is 7.40. The van der Waals surface area contributed by atoms with Crippen molar-refractivity contribution in [1.29, 1.82) is 0 Å². The SMILES string of the molecule is NC(Cc1csc2ccccc12)c1ccc(Cl)o1. The van der Waals surface area contributed by atoms with E-state index in [2.05, 4.69) is 23.6 Å². The van der Waals surface area contributed by atoms with Crippen molar-refractivity contribution in [3.8, 4) is 0 Å². The molecular weight excluding hydrogens is 266 g/mol. The van der Waals surface area contributed by atoms with E-state index in [0.717, 1.165) is 12.2 Å². The van der Waals surface area contributed by atoms with Crippen molar-refractivity contribution in [3.63, 3.8) is 0 Å². The first kappa shape index (κ1) is 11.8. The zero-order valence-corrected chi connectivity index (χ0v) is 11.2. The van der Waals surface area contributed by atoms with Crippen LogP contribution in [0, 0.1) is 0 Å². The quantitative estimate of drug-likeness (QED) is 0.771. The zero-order valence-electron chi connectivity index (χ0n) is 9.60. The van der Waals surface area contributed by atoms with E-state index in [0.29, 0.717) is 5.22 Å². The van der Waals surface area contributed by atoms with Crippen LogP contribution in [0.1, 0.15) is 17.4 Å². The predicted octanol–water partition coefficient (Wildman–Crippen LogP) is 4.39. The monoisotopic (exact) mass is 277 g/mol. The van der Waals surface area contributed by atoms with Crippen LogP contribution in [0.4, 0.5) is 0 Å². The van der Waals surface area contributed by atoms with Gasteiger partial charge in [-0.2, -0.15) is 0 Å². The number of benzene rings is 1. The number of thiophene rings is 1. The van der Waals surface area contributed by atoms with Gasteiger partial charge in [-0.05, 0) is 52.6 Å². The zero-order chi connectivity index (χ0) is 12.5. The molecular formula is C14H12ClNOS. The molecule has 0 aliphatic rings. The second kappa shape index (κ2) is 4.76. The number of furan rings is 1. The third kappa shape index (κ3) is 2.17. The Morgan fingerprint density at radius 3 is 2.83 bits per heavy atom. The van der Waals surface area contributed by atoms with Crippen LogP contribution >= 0.6 is 22.9 Å². The summed E-state index contributed by atoms with van der Waals surface area (Å²) in [7, 11) is 0. The van der Waals surface area contributed by atoms with E-state index in [1.807, 2.05) is 12.1 Å². The molecule has 2 N–H and O–H groups in total. The molecule has 1 atom stereocenters. The van der Waals surface area contributed by atoms with E-state index in [-0.39, 0.29) is 6.04 Å². The number of hydrogen-bond donors (Lipinski definition) is 1. The molecule has 92 valence electrons. The molecule has 4 heteroatoms. The maximum absolute atomic E-state index is 6.14. The maximum Gasteiger partial charge on any atom is 0.193 e. The van der Waals surface area contributed by atoms with Gasteiger partial charge in [0.2, 0.25) is 0 Å². The fraction of sp³-hybridized carbons (Fsp3) is 0.143. The minimum absolute atomic E-state index is 0.157. The third-order valence-corrected chi connectivity index (χ3v) is 4.18. The van der Waals surface area contributed by atoms with E-state index in [4.69, 9.17) is 21.8 Å². The maximum atomic E-state index is 6.14. The highest BCUT2D eigenvalue weighted by atomic mass is 35.5. The van der Waals surface area contributed by atoms with Gasteiger partial charge in [0.05, 0.1) is 6.04 Å². The van der Waals surface area contributed by atoms with Crippen LogP contribution in [0.3, 0.4) is 0 Å². The van der Waals surface area contributed by atoms with E-state index >= 15 is 0 Å². The van der Waals surface area contributed by atoms with E-state index in [1.165, 1.54) is 15.6 Å². The normalized spacial score (nSPS) is 13.0. The molecule has 1 unspecified atom stereocenters. The molecule has 2 aromatic heterocycles. The molecule has 0 bridgehead atoms. The van der Waals surface area contributed by atoms with Gasteiger partial charge in [0.15, 0.2) is 5.22 Å². The summed E-state index contributed by atoms with van der Waals surface area (Å²) in [6, 6.07) is 11.8. The van der Waals surface area contributed by atoms with E-state index in [1.54, 1.807) is 17.4 Å². The van der Waals surface area contributed by atoms with Gasteiger partial charge >= 0.3 is 0 Å². The summed E-state index contributed by atoms with van der Waals surface area (Å²) in [4.78, 5) is 0. The molecule has 2 heterocycles. The molecule has 0 spiro atoms. The van der Waals surface area contributed by atoms with Crippen molar-refractivity contribution in [1.82, 2.24) is 0 Å². The average Bonchev–Trinajstić information content (AvgIpc) is 2.97.